The van der Waals surface area contributed by atoms with Crippen LogP contribution in [0.3, 0.4) is 0 Å². The SMILES string of the molecule is Cc1cc(C(=O)N(C)Cc2cccnc2)c(C)n1Cc1ccccc1. The second-order valence-electron chi connectivity index (χ2n) is 6.38. The molecule has 4 nitrogen and oxygen atoms in total. The summed E-state index contributed by atoms with van der Waals surface area (Å²) in [6.07, 6.45) is 3.53. The van der Waals surface area contributed by atoms with Crippen LogP contribution in [0.15, 0.2) is 60.9 Å². The van der Waals surface area contributed by atoms with Crippen LogP contribution in [-0.2, 0) is 13.1 Å². The summed E-state index contributed by atoms with van der Waals surface area (Å²) in [7, 11) is 1.83. The van der Waals surface area contributed by atoms with Crippen molar-refractivity contribution in [2.24, 2.45) is 0 Å². The summed E-state index contributed by atoms with van der Waals surface area (Å²) < 4.78 is 2.19. The van der Waals surface area contributed by atoms with E-state index in [1.165, 1.54) is 5.56 Å². The average molecular weight is 333 g/mol. The zero-order valence-corrected chi connectivity index (χ0v) is 14.9. The van der Waals surface area contributed by atoms with Gasteiger partial charge in [0.25, 0.3) is 5.91 Å². The number of pyridine rings is 1. The maximum absolute atomic E-state index is 12.9. The van der Waals surface area contributed by atoms with Gasteiger partial charge in [0.15, 0.2) is 0 Å². The Bertz CT molecular complexity index is 854. The molecule has 4 heteroatoms. The quantitative estimate of drug-likeness (QED) is 0.712. The number of aromatic nitrogens is 2. The molecule has 25 heavy (non-hydrogen) atoms. The van der Waals surface area contributed by atoms with Crippen molar-refractivity contribution in [3.8, 4) is 0 Å². The first-order valence-corrected chi connectivity index (χ1v) is 8.41. The number of benzene rings is 1. The molecular weight excluding hydrogens is 310 g/mol. The second kappa shape index (κ2) is 7.34. The maximum Gasteiger partial charge on any atom is 0.255 e. The van der Waals surface area contributed by atoms with E-state index in [0.717, 1.165) is 29.1 Å². The fraction of sp³-hybridized carbons (Fsp3) is 0.238. The monoisotopic (exact) mass is 333 g/mol. The summed E-state index contributed by atoms with van der Waals surface area (Å²) in [5.74, 6) is 0.0382. The highest BCUT2D eigenvalue weighted by Gasteiger charge is 2.19. The number of nitrogens with zero attached hydrogens (tertiary/aromatic N) is 3. The summed E-state index contributed by atoms with van der Waals surface area (Å²) in [5, 5.41) is 0. The molecular formula is C21H23N3O. The van der Waals surface area contributed by atoms with Crippen molar-refractivity contribution in [1.29, 1.82) is 0 Å². The second-order valence-corrected chi connectivity index (χ2v) is 6.38. The van der Waals surface area contributed by atoms with Crippen LogP contribution in [0.1, 0.15) is 32.9 Å². The number of carbonyl (C=O) groups is 1. The van der Waals surface area contributed by atoms with Crippen molar-refractivity contribution in [3.05, 3.63) is 89.0 Å². The Morgan fingerprint density at radius 1 is 1.08 bits per heavy atom. The molecule has 0 spiro atoms. The molecule has 3 rings (SSSR count). The van der Waals surface area contributed by atoms with Gasteiger partial charge in [-0.05, 0) is 37.1 Å². The summed E-state index contributed by atoms with van der Waals surface area (Å²) in [6.45, 7) is 5.39. The zero-order chi connectivity index (χ0) is 17.8. The molecule has 1 aromatic carbocycles. The first-order valence-electron chi connectivity index (χ1n) is 8.41. The molecule has 0 atom stereocenters. The first-order chi connectivity index (χ1) is 12.1. The molecule has 0 unspecified atom stereocenters. The van der Waals surface area contributed by atoms with E-state index in [-0.39, 0.29) is 5.91 Å². The molecule has 0 aliphatic heterocycles. The maximum atomic E-state index is 12.9. The van der Waals surface area contributed by atoms with Crippen LogP contribution in [0, 0.1) is 13.8 Å². The van der Waals surface area contributed by atoms with Crippen molar-refractivity contribution in [2.45, 2.75) is 26.9 Å². The van der Waals surface area contributed by atoms with Crippen LogP contribution in [0.25, 0.3) is 0 Å². The largest absolute Gasteiger partial charge is 0.344 e. The predicted octanol–water partition coefficient (Wildman–Crippen LogP) is 3.82. The Kier molecular flexibility index (Phi) is 4.98. The van der Waals surface area contributed by atoms with Crippen LogP contribution in [0.2, 0.25) is 0 Å². The van der Waals surface area contributed by atoms with Crippen molar-refractivity contribution in [3.63, 3.8) is 0 Å². The normalized spacial score (nSPS) is 10.7. The summed E-state index contributed by atoms with van der Waals surface area (Å²) in [5.41, 5.74) is 5.12. The zero-order valence-electron chi connectivity index (χ0n) is 14.9. The Hall–Kier alpha value is -2.88. The summed E-state index contributed by atoms with van der Waals surface area (Å²) in [4.78, 5) is 18.7. The molecule has 2 heterocycles. The van der Waals surface area contributed by atoms with E-state index in [1.807, 2.05) is 57.3 Å². The van der Waals surface area contributed by atoms with Crippen molar-refractivity contribution in [2.75, 3.05) is 7.05 Å². The van der Waals surface area contributed by atoms with Crippen LogP contribution >= 0.6 is 0 Å². The lowest BCUT2D eigenvalue weighted by Gasteiger charge is -2.17. The topological polar surface area (TPSA) is 38.1 Å². The third-order valence-electron chi connectivity index (χ3n) is 4.48. The molecule has 0 aliphatic carbocycles. The van der Waals surface area contributed by atoms with E-state index >= 15 is 0 Å². The van der Waals surface area contributed by atoms with Gasteiger partial charge in [-0.15, -0.1) is 0 Å². The minimum Gasteiger partial charge on any atom is -0.344 e. The molecule has 0 aliphatic rings. The van der Waals surface area contributed by atoms with Gasteiger partial charge in [0.2, 0.25) is 0 Å². The number of carbonyl (C=O) groups excluding carboxylic acids is 1. The van der Waals surface area contributed by atoms with Gasteiger partial charge >= 0.3 is 0 Å². The Balaban J connectivity index is 1.80. The molecule has 0 radical (unpaired) electrons. The van der Waals surface area contributed by atoms with Gasteiger partial charge in [0.05, 0.1) is 5.56 Å². The molecule has 0 saturated heterocycles. The molecule has 2 aromatic heterocycles. The Morgan fingerprint density at radius 2 is 1.80 bits per heavy atom. The van der Waals surface area contributed by atoms with Gasteiger partial charge < -0.3 is 9.47 Å². The standard InChI is InChI=1S/C21H23N3O/c1-16-12-20(17(2)24(16)15-18-8-5-4-6-9-18)21(25)23(3)14-19-10-7-11-22-13-19/h4-13H,14-15H2,1-3H3. The average Bonchev–Trinajstić information content (AvgIpc) is 2.91. The highest BCUT2D eigenvalue weighted by atomic mass is 16.2. The minimum absolute atomic E-state index is 0.0382. The Morgan fingerprint density at radius 3 is 2.48 bits per heavy atom. The fourth-order valence-electron chi connectivity index (χ4n) is 3.07. The molecule has 128 valence electrons. The van der Waals surface area contributed by atoms with E-state index in [4.69, 9.17) is 0 Å². The van der Waals surface area contributed by atoms with Gasteiger partial charge in [-0.2, -0.15) is 0 Å². The van der Waals surface area contributed by atoms with E-state index in [2.05, 4.69) is 21.7 Å². The molecule has 0 saturated carbocycles. The summed E-state index contributed by atoms with van der Waals surface area (Å²) in [6, 6.07) is 16.2. The Labute approximate surface area is 148 Å². The molecule has 0 N–H and O–H groups in total. The molecule has 0 fully saturated rings. The van der Waals surface area contributed by atoms with Crippen LogP contribution in [0.5, 0.6) is 0 Å². The lowest BCUT2D eigenvalue weighted by molar-refractivity contribution is 0.0784. The third-order valence-corrected chi connectivity index (χ3v) is 4.48. The fourth-order valence-corrected chi connectivity index (χ4v) is 3.07. The van der Waals surface area contributed by atoms with Crippen LogP contribution in [-0.4, -0.2) is 27.4 Å². The van der Waals surface area contributed by atoms with Crippen molar-refractivity contribution < 1.29 is 4.79 Å². The van der Waals surface area contributed by atoms with Gasteiger partial charge in [-0.1, -0.05) is 36.4 Å². The van der Waals surface area contributed by atoms with Crippen LogP contribution < -0.4 is 0 Å². The first kappa shape index (κ1) is 17.0. The van der Waals surface area contributed by atoms with E-state index < -0.39 is 0 Å². The van der Waals surface area contributed by atoms with Gasteiger partial charge in [0, 0.05) is 43.9 Å². The van der Waals surface area contributed by atoms with Crippen molar-refractivity contribution >= 4 is 5.91 Å². The number of hydrogen-bond donors (Lipinski definition) is 0. The number of rotatable bonds is 5. The van der Waals surface area contributed by atoms with E-state index in [9.17, 15) is 4.79 Å². The highest BCUT2D eigenvalue weighted by Crippen LogP contribution is 2.19. The summed E-state index contributed by atoms with van der Waals surface area (Å²) >= 11 is 0. The highest BCUT2D eigenvalue weighted by molar-refractivity contribution is 5.95. The van der Waals surface area contributed by atoms with Crippen LogP contribution in [0.4, 0.5) is 0 Å². The number of amides is 1. The number of aryl methyl sites for hydroxylation is 1. The smallest absolute Gasteiger partial charge is 0.255 e. The van der Waals surface area contributed by atoms with Gasteiger partial charge in [0.1, 0.15) is 0 Å². The minimum atomic E-state index is 0.0382. The van der Waals surface area contributed by atoms with Crippen molar-refractivity contribution in [1.82, 2.24) is 14.5 Å². The van der Waals surface area contributed by atoms with E-state index in [0.29, 0.717) is 6.54 Å². The predicted molar refractivity (Wildman–Crippen MR) is 99.5 cm³/mol. The third kappa shape index (κ3) is 3.79. The lowest BCUT2D eigenvalue weighted by atomic mass is 10.2. The molecule has 1 amide bonds. The number of hydrogen-bond acceptors (Lipinski definition) is 2. The molecule has 3 aromatic rings. The van der Waals surface area contributed by atoms with E-state index in [1.54, 1.807) is 17.3 Å². The van der Waals surface area contributed by atoms with Gasteiger partial charge in [-0.25, -0.2) is 0 Å². The lowest BCUT2D eigenvalue weighted by Crippen LogP contribution is -2.26. The molecule has 0 bridgehead atoms. The van der Waals surface area contributed by atoms with Gasteiger partial charge in [-0.3, -0.25) is 9.78 Å².